The molecule has 1 aliphatic heterocycles. The van der Waals surface area contributed by atoms with Gasteiger partial charge in [0.25, 0.3) is 5.91 Å². The predicted octanol–water partition coefficient (Wildman–Crippen LogP) is 2.68. The highest BCUT2D eigenvalue weighted by molar-refractivity contribution is 5.99. The Morgan fingerprint density at radius 2 is 1.57 bits per heavy atom. The van der Waals surface area contributed by atoms with Crippen molar-refractivity contribution in [2.24, 2.45) is 5.41 Å². The first-order valence-corrected chi connectivity index (χ1v) is 7.66. The molecule has 1 rings (SSSR count). The van der Waals surface area contributed by atoms with Crippen LogP contribution >= 0.6 is 0 Å². The van der Waals surface area contributed by atoms with Crippen LogP contribution in [0.4, 0.5) is 9.59 Å². The van der Waals surface area contributed by atoms with Crippen molar-refractivity contribution in [3.05, 3.63) is 0 Å². The van der Waals surface area contributed by atoms with E-state index in [1.807, 2.05) is 0 Å². The fraction of sp³-hybridized carbons (Fsp3) is 0.812. The van der Waals surface area contributed by atoms with Crippen LogP contribution < -0.4 is 5.32 Å². The molecule has 1 N–H and O–H groups in total. The Kier molecular flexibility index (Phi) is 5.04. The molecule has 0 aromatic carbocycles. The number of rotatable bonds is 1. The molecular formula is C16H28N2O5. The van der Waals surface area contributed by atoms with E-state index in [0.29, 0.717) is 0 Å². The van der Waals surface area contributed by atoms with Crippen molar-refractivity contribution in [2.75, 3.05) is 6.54 Å². The molecule has 1 heterocycles. The molecule has 0 spiro atoms. The number of amides is 3. The molecule has 7 heteroatoms. The quantitative estimate of drug-likeness (QED) is 0.800. The standard InChI is InChI=1S/C16H28N2O5/c1-14(2,3)22-12(20)17-10-11(19)18(9-16(10,7)8)13(21)23-15(4,5)6/h10H,9H2,1-8H3,(H,17,20). The number of nitrogens with one attached hydrogen (secondary N) is 1. The van der Waals surface area contributed by atoms with Crippen LogP contribution in [-0.4, -0.2) is 46.8 Å². The van der Waals surface area contributed by atoms with Crippen molar-refractivity contribution in [3.8, 4) is 0 Å². The van der Waals surface area contributed by atoms with E-state index in [0.717, 1.165) is 4.90 Å². The zero-order valence-electron chi connectivity index (χ0n) is 15.3. The summed E-state index contributed by atoms with van der Waals surface area (Å²) in [5, 5.41) is 2.56. The fourth-order valence-corrected chi connectivity index (χ4v) is 2.22. The summed E-state index contributed by atoms with van der Waals surface area (Å²) in [5.74, 6) is -0.491. The maximum absolute atomic E-state index is 12.5. The van der Waals surface area contributed by atoms with Gasteiger partial charge >= 0.3 is 12.2 Å². The van der Waals surface area contributed by atoms with E-state index in [1.165, 1.54) is 0 Å². The number of ether oxygens (including phenoxy) is 2. The van der Waals surface area contributed by atoms with Crippen LogP contribution in [0.3, 0.4) is 0 Å². The molecule has 1 saturated heterocycles. The van der Waals surface area contributed by atoms with Crippen molar-refractivity contribution >= 4 is 18.1 Å². The monoisotopic (exact) mass is 328 g/mol. The van der Waals surface area contributed by atoms with Crippen LogP contribution in [0.15, 0.2) is 0 Å². The third-order valence-electron chi connectivity index (χ3n) is 3.14. The molecule has 0 aromatic heterocycles. The Morgan fingerprint density at radius 3 is 2.00 bits per heavy atom. The van der Waals surface area contributed by atoms with Gasteiger partial charge in [-0.2, -0.15) is 0 Å². The second kappa shape index (κ2) is 6.02. The van der Waals surface area contributed by atoms with Crippen LogP contribution in [-0.2, 0) is 14.3 Å². The highest BCUT2D eigenvalue weighted by Gasteiger charge is 2.50. The van der Waals surface area contributed by atoms with Gasteiger partial charge in [-0.25, -0.2) is 14.5 Å². The first-order valence-electron chi connectivity index (χ1n) is 7.66. The summed E-state index contributed by atoms with van der Waals surface area (Å²) in [5.41, 5.74) is -1.98. The lowest BCUT2D eigenvalue weighted by molar-refractivity contribution is -0.129. The van der Waals surface area contributed by atoms with Gasteiger partial charge in [0.1, 0.15) is 17.2 Å². The number of hydrogen-bond donors (Lipinski definition) is 1. The first kappa shape index (κ1) is 19.3. The lowest BCUT2D eigenvalue weighted by Crippen LogP contribution is -2.49. The minimum Gasteiger partial charge on any atom is -0.444 e. The van der Waals surface area contributed by atoms with Crippen LogP contribution in [0.1, 0.15) is 55.4 Å². The minimum absolute atomic E-state index is 0.168. The van der Waals surface area contributed by atoms with Gasteiger partial charge in [-0.1, -0.05) is 13.8 Å². The lowest BCUT2D eigenvalue weighted by Gasteiger charge is -2.26. The van der Waals surface area contributed by atoms with Gasteiger partial charge in [-0.3, -0.25) is 4.79 Å². The summed E-state index contributed by atoms with van der Waals surface area (Å²) < 4.78 is 10.4. The van der Waals surface area contributed by atoms with Crippen LogP contribution in [0.2, 0.25) is 0 Å². The van der Waals surface area contributed by atoms with Crippen molar-refractivity contribution in [1.29, 1.82) is 0 Å². The van der Waals surface area contributed by atoms with Crippen LogP contribution in [0.5, 0.6) is 0 Å². The smallest absolute Gasteiger partial charge is 0.417 e. The zero-order chi connectivity index (χ0) is 18.2. The Morgan fingerprint density at radius 1 is 1.09 bits per heavy atom. The maximum atomic E-state index is 12.5. The van der Waals surface area contributed by atoms with E-state index in [4.69, 9.17) is 9.47 Å². The Hall–Kier alpha value is -1.79. The summed E-state index contributed by atoms with van der Waals surface area (Å²) in [6, 6.07) is -0.843. The van der Waals surface area contributed by atoms with E-state index in [9.17, 15) is 14.4 Å². The molecule has 1 atom stereocenters. The molecule has 3 amide bonds. The fourth-order valence-electron chi connectivity index (χ4n) is 2.22. The molecule has 1 fully saturated rings. The van der Waals surface area contributed by atoms with Crippen LogP contribution in [0.25, 0.3) is 0 Å². The second-order valence-corrected chi connectivity index (χ2v) is 8.47. The van der Waals surface area contributed by atoms with Gasteiger partial charge in [0, 0.05) is 12.0 Å². The molecule has 23 heavy (non-hydrogen) atoms. The molecule has 0 radical (unpaired) electrons. The summed E-state index contributed by atoms with van der Waals surface area (Å²) in [6.45, 7) is 14.2. The summed E-state index contributed by atoms with van der Waals surface area (Å²) in [4.78, 5) is 37.6. The van der Waals surface area contributed by atoms with Crippen LogP contribution in [0, 0.1) is 5.41 Å². The Balaban J connectivity index is 2.84. The molecule has 0 aromatic rings. The average molecular weight is 328 g/mol. The second-order valence-electron chi connectivity index (χ2n) is 8.47. The third-order valence-corrected chi connectivity index (χ3v) is 3.14. The van der Waals surface area contributed by atoms with Gasteiger partial charge < -0.3 is 14.8 Å². The van der Waals surface area contributed by atoms with E-state index in [2.05, 4.69) is 5.32 Å². The van der Waals surface area contributed by atoms with Gasteiger partial charge in [0.05, 0.1) is 0 Å². The molecule has 7 nitrogen and oxygen atoms in total. The van der Waals surface area contributed by atoms with Gasteiger partial charge in [-0.15, -0.1) is 0 Å². The zero-order valence-corrected chi connectivity index (χ0v) is 15.3. The summed E-state index contributed by atoms with van der Waals surface area (Å²) in [7, 11) is 0. The van der Waals surface area contributed by atoms with Crippen molar-refractivity contribution in [2.45, 2.75) is 72.6 Å². The Bertz CT molecular complexity index is 500. The van der Waals surface area contributed by atoms with E-state index in [-0.39, 0.29) is 6.54 Å². The number of carbonyl (C=O) groups is 3. The maximum Gasteiger partial charge on any atom is 0.417 e. The van der Waals surface area contributed by atoms with E-state index < -0.39 is 40.8 Å². The molecule has 1 aliphatic rings. The minimum atomic E-state index is -0.843. The number of imide groups is 1. The lowest BCUT2D eigenvalue weighted by atomic mass is 9.87. The number of hydrogen-bond acceptors (Lipinski definition) is 5. The number of nitrogens with zero attached hydrogens (tertiary/aromatic N) is 1. The van der Waals surface area contributed by atoms with Gasteiger partial charge in [0.2, 0.25) is 0 Å². The Labute approximate surface area is 137 Å². The average Bonchev–Trinajstić information content (AvgIpc) is 2.48. The molecule has 0 aliphatic carbocycles. The van der Waals surface area contributed by atoms with Gasteiger partial charge in [-0.05, 0) is 41.5 Å². The first-order chi connectivity index (χ1) is 10.1. The summed E-state index contributed by atoms with van der Waals surface area (Å²) >= 11 is 0. The number of carbonyl (C=O) groups excluding carboxylic acids is 3. The largest absolute Gasteiger partial charge is 0.444 e. The molecular weight excluding hydrogens is 300 g/mol. The summed E-state index contributed by atoms with van der Waals surface area (Å²) in [6.07, 6.45) is -1.39. The topological polar surface area (TPSA) is 84.9 Å². The third kappa shape index (κ3) is 5.41. The van der Waals surface area contributed by atoms with Crippen molar-refractivity contribution in [3.63, 3.8) is 0 Å². The molecule has 1 unspecified atom stereocenters. The van der Waals surface area contributed by atoms with Gasteiger partial charge in [0.15, 0.2) is 0 Å². The normalized spacial score (nSPS) is 21.1. The van der Waals surface area contributed by atoms with Crippen molar-refractivity contribution < 1.29 is 23.9 Å². The SMILES string of the molecule is CC(C)(C)OC(=O)NC1C(=O)N(C(=O)OC(C)(C)C)CC1(C)C. The number of likely N-dealkylation sites (tertiary alicyclic amines) is 1. The number of alkyl carbamates (subject to hydrolysis) is 1. The predicted molar refractivity (Wildman–Crippen MR) is 84.9 cm³/mol. The van der Waals surface area contributed by atoms with E-state index in [1.54, 1.807) is 55.4 Å². The molecule has 0 bridgehead atoms. The van der Waals surface area contributed by atoms with E-state index >= 15 is 0 Å². The van der Waals surface area contributed by atoms with Crippen molar-refractivity contribution in [1.82, 2.24) is 10.2 Å². The molecule has 132 valence electrons. The highest BCUT2D eigenvalue weighted by Crippen LogP contribution is 2.32. The molecule has 0 saturated carbocycles. The highest BCUT2D eigenvalue weighted by atomic mass is 16.6.